The summed E-state index contributed by atoms with van der Waals surface area (Å²) < 4.78 is 376. The molecule has 0 N–H and O–H groups in total. The number of hydrogen-bond acceptors (Lipinski definition) is 6. The van der Waals surface area contributed by atoms with E-state index in [2.05, 4.69) is 9.47 Å². The Labute approximate surface area is 372 Å². The average molecular weight is 1090 g/mol. The molecule has 0 radical (unpaired) electrons. The Morgan fingerprint density at radius 2 is 0.565 bits per heavy atom. The number of hydrogen-bond donors (Lipinski definition) is 0. The number of carbonyl (C=O) groups is 3. The van der Waals surface area contributed by atoms with Crippen LogP contribution in [0.5, 0.6) is 0 Å². The summed E-state index contributed by atoms with van der Waals surface area (Å²) in [5, 5.41) is 0. The van der Waals surface area contributed by atoms with Gasteiger partial charge in [0.05, 0.1) is 17.8 Å². The van der Waals surface area contributed by atoms with Crippen LogP contribution in [0.1, 0.15) is 81.6 Å². The van der Waals surface area contributed by atoms with Gasteiger partial charge in [0, 0.05) is 0 Å². The van der Waals surface area contributed by atoms with E-state index in [-0.39, 0.29) is 30.3 Å². The summed E-state index contributed by atoms with van der Waals surface area (Å²) in [5.74, 6) is -96.9. The van der Waals surface area contributed by atoms with Crippen molar-refractivity contribution < 1.29 is 152 Å². The van der Waals surface area contributed by atoms with Crippen LogP contribution in [0.2, 0.25) is 0 Å². The van der Waals surface area contributed by atoms with Gasteiger partial charge in [-0.2, -0.15) is 105 Å². The van der Waals surface area contributed by atoms with E-state index in [1.807, 2.05) is 34.6 Å². The molecule has 0 saturated heterocycles. The highest BCUT2D eigenvalue weighted by molar-refractivity contribution is 5.72. The van der Waals surface area contributed by atoms with E-state index in [9.17, 15) is 137 Å². The molecule has 0 heterocycles. The minimum absolute atomic E-state index is 0.0224. The van der Waals surface area contributed by atoms with E-state index in [4.69, 9.17) is 4.74 Å². The van der Waals surface area contributed by atoms with E-state index in [0.29, 0.717) is 0 Å². The summed E-state index contributed by atoms with van der Waals surface area (Å²) >= 11 is 0. The first-order valence-electron chi connectivity index (χ1n) is 18.6. The molecular weight excluding hydrogens is 1050 g/mol. The summed E-state index contributed by atoms with van der Waals surface area (Å²) in [7, 11) is 0. The zero-order chi connectivity index (χ0) is 56.8. The Morgan fingerprint density at radius 3 is 0.783 bits per heavy atom. The predicted octanol–water partition coefficient (Wildman–Crippen LogP) is 13.7. The van der Waals surface area contributed by atoms with Crippen molar-refractivity contribution in [2.24, 2.45) is 17.8 Å². The number of carbonyl (C=O) groups excluding carboxylic acids is 3. The molecule has 0 spiro atoms. The topological polar surface area (TPSA) is 78.9 Å². The summed E-state index contributed by atoms with van der Waals surface area (Å²) in [4.78, 5) is 33.4. The molecular formula is C35H42F28O6. The Balaban J connectivity index is -0.00000105. The fraction of sp³-hybridized carbons (Fsp3) is 0.914. The molecule has 0 fully saturated rings. The second-order valence-corrected chi connectivity index (χ2v) is 15.5. The van der Waals surface area contributed by atoms with Crippen LogP contribution in [0.3, 0.4) is 0 Å². The minimum Gasteiger partial charge on any atom is -0.460 e. The van der Waals surface area contributed by atoms with Crippen molar-refractivity contribution in [2.45, 2.75) is 171 Å². The van der Waals surface area contributed by atoms with Gasteiger partial charge in [0.2, 0.25) is 0 Å². The van der Waals surface area contributed by atoms with Gasteiger partial charge in [-0.1, -0.05) is 41.5 Å². The molecule has 0 aliphatic heterocycles. The SMILES string of the molecule is CCC(C)C(=O)OC(C)(C)C.CCC(C)C(=O)OCC(F)(F)C(F)(F)C(F)(F)C(F)(F)C(F)(F)C(F)(F)C(F)(F)C(F)F.CCC(C)C(=O)OCC(F)(F)C(F)(F)C(F)(F)C(F)(F)C(F)(F)C(F)F. The third kappa shape index (κ3) is 14.1. The highest BCUT2D eigenvalue weighted by Crippen LogP contribution is 2.63. The van der Waals surface area contributed by atoms with E-state index in [0.717, 1.165) is 20.3 Å². The summed E-state index contributed by atoms with van der Waals surface area (Å²) in [6.45, 7) is 8.03. The average Bonchev–Trinajstić information content (AvgIpc) is 3.19. The normalized spacial score (nSPS) is 15.9. The zero-order valence-electron chi connectivity index (χ0n) is 36.5. The number of alkyl halides is 28. The van der Waals surface area contributed by atoms with Gasteiger partial charge in [-0.25, -0.2) is 17.6 Å². The highest BCUT2D eigenvalue weighted by atomic mass is 19.4. The number of rotatable bonds is 22. The molecule has 69 heavy (non-hydrogen) atoms. The molecule has 0 rings (SSSR count). The lowest BCUT2D eigenvalue weighted by molar-refractivity contribution is -0.447. The number of halogens is 28. The van der Waals surface area contributed by atoms with Gasteiger partial charge in [-0.3, -0.25) is 14.4 Å². The molecule has 0 aromatic heterocycles. The Morgan fingerprint density at radius 1 is 0.362 bits per heavy atom. The molecule has 0 amide bonds. The van der Waals surface area contributed by atoms with Crippen LogP contribution in [0.15, 0.2) is 0 Å². The molecule has 414 valence electrons. The van der Waals surface area contributed by atoms with Crippen LogP contribution in [0.4, 0.5) is 123 Å². The minimum atomic E-state index is -8.46. The fourth-order valence-electron chi connectivity index (χ4n) is 3.63. The maximum absolute atomic E-state index is 13.5. The molecule has 0 aliphatic rings. The summed E-state index contributed by atoms with van der Waals surface area (Å²) in [5.41, 5.74) is -0.347. The second kappa shape index (κ2) is 22.9. The van der Waals surface area contributed by atoms with Gasteiger partial charge in [-0.15, -0.1) is 0 Å². The van der Waals surface area contributed by atoms with Crippen molar-refractivity contribution in [2.75, 3.05) is 13.2 Å². The first kappa shape index (κ1) is 69.7. The van der Waals surface area contributed by atoms with Crippen LogP contribution in [-0.2, 0) is 28.6 Å². The third-order valence-electron chi connectivity index (χ3n) is 8.91. The smallest absolute Gasteiger partial charge is 0.385 e. The molecule has 0 aromatic carbocycles. The Bertz CT molecular complexity index is 1660. The maximum Gasteiger partial charge on any atom is 0.385 e. The van der Waals surface area contributed by atoms with Gasteiger partial charge < -0.3 is 14.2 Å². The lowest BCUT2D eigenvalue weighted by Crippen LogP contribution is -2.74. The highest BCUT2D eigenvalue weighted by Gasteiger charge is 2.94. The van der Waals surface area contributed by atoms with Crippen molar-refractivity contribution in [3.05, 3.63) is 0 Å². The van der Waals surface area contributed by atoms with E-state index in [1.165, 1.54) is 13.8 Å². The lowest BCUT2D eigenvalue weighted by Gasteiger charge is -2.42. The van der Waals surface area contributed by atoms with E-state index >= 15 is 0 Å². The Hall–Kier alpha value is -3.55. The number of ether oxygens (including phenoxy) is 3. The predicted molar refractivity (Wildman–Crippen MR) is 177 cm³/mol. The van der Waals surface area contributed by atoms with Crippen LogP contribution in [0, 0.1) is 17.8 Å². The molecule has 0 aromatic rings. The molecule has 3 unspecified atom stereocenters. The van der Waals surface area contributed by atoms with Gasteiger partial charge in [0.15, 0.2) is 13.2 Å². The quantitative estimate of drug-likeness (QED) is 0.0611. The standard InChI is InChI=1S/C14H12F16O2.C12H12F12O2.C9H18O2/c1-3-5(2)6(31)32-4-8(17,18)10(21,22)12(25,26)14(29,30)13(27,28)11(23,24)9(19,20)7(15)16;1-3-5(2)6(25)26-4-8(15,16)10(19,20)12(23,24)11(21,22)9(17,18)7(13)14;1-6-7(2)8(10)11-9(3,4)5/h5,7H,3-4H2,1-2H3;5,7H,3-4H2,1-2H3;7H,6H2,1-5H3. The molecule has 0 saturated carbocycles. The zero-order valence-corrected chi connectivity index (χ0v) is 36.5. The largest absolute Gasteiger partial charge is 0.460 e. The molecule has 0 aliphatic carbocycles. The first-order valence-corrected chi connectivity index (χ1v) is 18.6. The first-order chi connectivity index (χ1) is 30.0. The van der Waals surface area contributed by atoms with Crippen LogP contribution in [-0.4, -0.2) is 121 Å². The van der Waals surface area contributed by atoms with E-state index in [1.54, 1.807) is 0 Å². The van der Waals surface area contributed by atoms with Crippen molar-refractivity contribution in [1.29, 1.82) is 0 Å². The second-order valence-electron chi connectivity index (χ2n) is 15.5. The molecule has 34 heteroatoms. The van der Waals surface area contributed by atoms with Crippen molar-refractivity contribution in [3.63, 3.8) is 0 Å². The maximum atomic E-state index is 13.5. The summed E-state index contributed by atoms with van der Waals surface area (Å²) in [6.07, 6.45) is -10.9. The number of esters is 3. The van der Waals surface area contributed by atoms with Gasteiger partial charge in [0.1, 0.15) is 5.60 Å². The van der Waals surface area contributed by atoms with Gasteiger partial charge in [0.25, 0.3) is 0 Å². The van der Waals surface area contributed by atoms with Crippen LogP contribution >= 0.6 is 0 Å². The van der Waals surface area contributed by atoms with Gasteiger partial charge >= 0.3 is 102 Å². The fourth-order valence-corrected chi connectivity index (χ4v) is 3.63. The van der Waals surface area contributed by atoms with Crippen LogP contribution < -0.4 is 0 Å². The van der Waals surface area contributed by atoms with E-state index < -0.39 is 121 Å². The summed E-state index contributed by atoms with van der Waals surface area (Å²) in [6, 6.07) is 0. The van der Waals surface area contributed by atoms with Crippen molar-refractivity contribution in [3.8, 4) is 0 Å². The molecule has 0 bridgehead atoms. The molecule has 3 atom stereocenters. The van der Waals surface area contributed by atoms with Gasteiger partial charge in [-0.05, 0) is 40.0 Å². The monoisotopic (exact) mass is 1090 g/mol. The Kier molecular flexibility index (Phi) is 23.1. The van der Waals surface area contributed by atoms with Crippen LogP contribution in [0.25, 0.3) is 0 Å². The molecule has 6 nitrogen and oxygen atoms in total. The lowest BCUT2D eigenvalue weighted by atomic mass is 9.89. The van der Waals surface area contributed by atoms with Crippen molar-refractivity contribution in [1.82, 2.24) is 0 Å². The third-order valence-corrected chi connectivity index (χ3v) is 8.91. The van der Waals surface area contributed by atoms with Crippen molar-refractivity contribution >= 4 is 17.9 Å².